The largest absolute Gasteiger partial charge is 0.353 e. The Bertz CT molecular complexity index is 521. The molecule has 0 unspecified atom stereocenters. The highest BCUT2D eigenvalue weighted by Crippen LogP contribution is 2.18. The summed E-state index contributed by atoms with van der Waals surface area (Å²) in [6.45, 7) is 10.4. The number of hydrogen-bond acceptors (Lipinski definition) is 3. The molecular weight excluding hydrogens is 226 g/mol. The summed E-state index contributed by atoms with van der Waals surface area (Å²) in [5.74, 6) is 0.866. The van der Waals surface area contributed by atoms with Crippen LogP contribution in [0, 0.1) is 6.92 Å². The maximum atomic E-state index is 4.50. The Morgan fingerprint density at radius 1 is 1.17 bits per heavy atom. The van der Waals surface area contributed by atoms with Crippen molar-refractivity contribution < 1.29 is 0 Å². The minimum Gasteiger partial charge on any atom is -0.353 e. The van der Waals surface area contributed by atoms with Gasteiger partial charge in [0.1, 0.15) is 0 Å². The second-order valence-corrected chi connectivity index (χ2v) is 5.15. The second-order valence-electron chi connectivity index (χ2n) is 5.15. The van der Waals surface area contributed by atoms with Gasteiger partial charge in [-0.05, 0) is 34.6 Å². The number of aryl methyl sites for hydroxylation is 1. The van der Waals surface area contributed by atoms with Crippen LogP contribution >= 0.6 is 0 Å². The summed E-state index contributed by atoms with van der Waals surface area (Å²) in [6, 6.07) is 0.718. The molecule has 1 N–H and O–H groups in total. The lowest BCUT2D eigenvalue weighted by Gasteiger charge is -2.10. The second kappa shape index (κ2) is 4.84. The number of imidazole rings is 1. The van der Waals surface area contributed by atoms with Crippen molar-refractivity contribution in [3.05, 3.63) is 24.3 Å². The number of nitrogens with one attached hydrogen (secondary N) is 1. The van der Waals surface area contributed by atoms with Gasteiger partial charge in [0.25, 0.3) is 0 Å². The molecule has 0 radical (unpaired) electrons. The van der Waals surface area contributed by atoms with Gasteiger partial charge in [-0.2, -0.15) is 5.10 Å². The smallest absolute Gasteiger partial charge is 0.208 e. The predicted octanol–water partition coefficient (Wildman–Crippen LogP) is 2.78. The Kier molecular flexibility index (Phi) is 3.41. The predicted molar refractivity (Wildman–Crippen MR) is 73.2 cm³/mol. The molecule has 2 heterocycles. The van der Waals surface area contributed by atoms with E-state index in [2.05, 4.69) is 43.1 Å². The van der Waals surface area contributed by atoms with Crippen LogP contribution in [-0.2, 0) is 0 Å². The summed E-state index contributed by atoms with van der Waals surface area (Å²) < 4.78 is 3.99. The maximum Gasteiger partial charge on any atom is 0.208 e. The van der Waals surface area contributed by atoms with E-state index < -0.39 is 0 Å². The molecule has 2 aromatic heterocycles. The first-order chi connectivity index (χ1) is 8.47. The first-order valence-corrected chi connectivity index (χ1v) is 6.34. The van der Waals surface area contributed by atoms with Gasteiger partial charge in [0.2, 0.25) is 5.95 Å². The molecule has 0 aliphatic rings. The molecule has 98 valence electrons. The van der Waals surface area contributed by atoms with Crippen LogP contribution in [-0.4, -0.2) is 25.4 Å². The highest BCUT2D eigenvalue weighted by Gasteiger charge is 2.10. The first kappa shape index (κ1) is 12.7. The quantitative estimate of drug-likeness (QED) is 0.903. The molecular formula is C13H21N5. The summed E-state index contributed by atoms with van der Waals surface area (Å²) in [7, 11) is 0. The molecule has 0 saturated heterocycles. The Hall–Kier alpha value is -1.78. The molecule has 0 spiro atoms. The van der Waals surface area contributed by atoms with Gasteiger partial charge in [-0.3, -0.25) is 9.25 Å². The average Bonchev–Trinajstić information content (AvgIpc) is 2.83. The van der Waals surface area contributed by atoms with Gasteiger partial charge < -0.3 is 5.32 Å². The zero-order valence-electron chi connectivity index (χ0n) is 11.7. The maximum absolute atomic E-state index is 4.50. The Morgan fingerprint density at radius 2 is 1.89 bits per heavy atom. The van der Waals surface area contributed by atoms with E-state index >= 15 is 0 Å². The zero-order chi connectivity index (χ0) is 13.3. The van der Waals surface area contributed by atoms with E-state index in [1.807, 2.05) is 34.8 Å². The molecule has 18 heavy (non-hydrogen) atoms. The van der Waals surface area contributed by atoms with Crippen LogP contribution in [0.4, 0.5) is 5.95 Å². The molecule has 0 fully saturated rings. The van der Waals surface area contributed by atoms with E-state index in [9.17, 15) is 0 Å². The van der Waals surface area contributed by atoms with E-state index in [4.69, 9.17) is 0 Å². The van der Waals surface area contributed by atoms with Crippen molar-refractivity contribution in [3.63, 3.8) is 0 Å². The van der Waals surface area contributed by atoms with Crippen molar-refractivity contribution >= 4 is 5.95 Å². The van der Waals surface area contributed by atoms with Gasteiger partial charge in [-0.25, -0.2) is 4.98 Å². The summed E-state index contributed by atoms with van der Waals surface area (Å²) in [4.78, 5) is 4.50. The topological polar surface area (TPSA) is 47.7 Å². The van der Waals surface area contributed by atoms with Crippen LogP contribution in [0.15, 0.2) is 18.6 Å². The van der Waals surface area contributed by atoms with Crippen LogP contribution in [0.1, 0.15) is 39.4 Å². The molecule has 5 heteroatoms. The normalized spacial score (nSPS) is 11.5. The van der Waals surface area contributed by atoms with Crippen LogP contribution in [0.25, 0.3) is 5.69 Å². The van der Waals surface area contributed by atoms with Crippen LogP contribution in [0.2, 0.25) is 0 Å². The standard InChI is InChI=1S/C13H21N5/c1-9(2)15-13-16-11(5)7-17(13)12-6-14-18(8-12)10(3)4/h6-10H,1-5H3,(H,15,16). The molecule has 0 aliphatic heterocycles. The summed E-state index contributed by atoms with van der Waals surface area (Å²) in [5.41, 5.74) is 2.03. The minimum atomic E-state index is 0.352. The van der Waals surface area contributed by atoms with Gasteiger partial charge in [-0.15, -0.1) is 0 Å². The number of hydrogen-bond donors (Lipinski definition) is 1. The third kappa shape index (κ3) is 2.55. The van der Waals surface area contributed by atoms with Crippen LogP contribution in [0.5, 0.6) is 0 Å². The summed E-state index contributed by atoms with van der Waals surface area (Å²) in [6.07, 6.45) is 5.93. The molecule has 2 aromatic rings. The molecule has 0 aromatic carbocycles. The third-order valence-electron chi connectivity index (χ3n) is 2.64. The van der Waals surface area contributed by atoms with E-state index in [1.54, 1.807) is 0 Å². The van der Waals surface area contributed by atoms with E-state index in [0.29, 0.717) is 12.1 Å². The average molecular weight is 247 g/mol. The van der Waals surface area contributed by atoms with Crippen LogP contribution < -0.4 is 5.32 Å². The zero-order valence-corrected chi connectivity index (χ0v) is 11.7. The molecule has 0 aliphatic carbocycles. The fraction of sp³-hybridized carbons (Fsp3) is 0.538. The molecule has 0 atom stereocenters. The van der Waals surface area contributed by atoms with Gasteiger partial charge in [0.15, 0.2) is 0 Å². The van der Waals surface area contributed by atoms with Crippen molar-refractivity contribution in [2.75, 3.05) is 5.32 Å². The minimum absolute atomic E-state index is 0.352. The highest BCUT2D eigenvalue weighted by molar-refractivity contribution is 5.41. The lowest BCUT2D eigenvalue weighted by molar-refractivity contribution is 0.532. The number of aromatic nitrogens is 4. The Labute approximate surface area is 108 Å². The third-order valence-corrected chi connectivity index (χ3v) is 2.64. The van der Waals surface area contributed by atoms with E-state index in [0.717, 1.165) is 17.3 Å². The Balaban J connectivity index is 2.36. The van der Waals surface area contributed by atoms with E-state index in [1.165, 1.54) is 0 Å². The molecule has 0 bridgehead atoms. The van der Waals surface area contributed by atoms with Gasteiger partial charge in [0, 0.05) is 24.5 Å². The molecule has 2 rings (SSSR count). The number of rotatable bonds is 4. The first-order valence-electron chi connectivity index (χ1n) is 6.34. The monoisotopic (exact) mass is 247 g/mol. The lowest BCUT2D eigenvalue weighted by Crippen LogP contribution is -2.13. The van der Waals surface area contributed by atoms with Crippen molar-refractivity contribution in [2.45, 2.75) is 46.7 Å². The lowest BCUT2D eigenvalue weighted by atomic mass is 10.4. The summed E-state index contributed by atoms with van der Waals surface area (Å²) in [5, 5.41) is 7.71. The number of nitrogens with zero attached hydrogens (tertiary/aromatic N) is 4. The van der Waals surface area contributed by atoms with Gasteiger partial charge >= 0.3 is 0 Å². The fourth-order valence-electron chi connectivity index (χ4n) is 1.79. The summed E-state index contributed by atoms with van der Waals surface area (Å²) >= 11 is 0. The van der Waals surface area contributed by atoms with Crippen molar-refractivity contribution in [1.82, 2.24) is 19.3 Å². The van der Waals surface area contributed by atoms with Crippen LogP contribution in [0.3, 0.4) is 0 Å². The molecule has 0 saturated carbocycles. The van der Waals surface area contributed by atoms with Gasteiger partial charge in [0.05, 0.1) is 17.6 Å². The van der Waals surface area contributed by atoms with Crippen molar-refractivity contribution in [3.8, 4) is 5.69 Å². The fourth-order valence-corrected chi connectivity index (χ4v) is 1.79. The van der Waals surface area contributed by atoms with Gasteiger partial charge in [-0.1, -0.05) is 0 Å². The Morgan fingerprint density at radius 3 is 2.44 bits per heavy atom. The molecule has 0 amide bonds. The van der Waals surface area contributed by atoms with Crippen molar-refractivity contribution in [1.29, 1.82) is 0 Å². The highest BCUT2D eigenvalue weighted by atomic mass is 15.3. The number of anilines is 1. The SMILES string of the molecule is Cc1cn(-c2cnn(C(C)C)c2)c(NC(C)C)n1. The molecule has 5 nitrogen and oxygen atoms in total. The van der Waals surface area contributed by atoms with E-state index in [-0.39, 0.29) is 0 Å². The van der Waals surface area contributed by atoms with Crippen molar-refractivity contribution in [2.24, 2.45) is 0 Å².